The van der Waals surface area contributed by atoms with E-state index in [9.17, 15) is 13.6 Å². The van der Waals surface area contributed by atoms with Crippen molar-refractivity contribution in [2.45, 2.75) is 46.1 Å². The molecule has 0 saturated carbocycles. The van der Waals surface area contributed by atoms with Gasteiger partial charge in [-0.05, 0) is 62.1 Å². The Bertz CT molecular complexity index is 803. The smallest absolute Gasteiger partial charge is 0.264 e. The van der Waals surface area contributed by atoms with Crippen LogP contribution >= 0.6 is 0 Å². The molecule has 0 saturated heterocycles. The van der Waals surface area contributed by atoms with E-state index in [0.717, 1.165) is 30.6 Å². The van der Waals surface area contributed by atoms with E-state index in [4.69, 9.17) is 0 Å². The number of anilines is 2. The van der Waals surface area contributed by atoms with E-state index in [-0.39, 0.29) is 17.5 Å². The van der Waals surface area contributed by atoms with Crippen molar-refractivity contribution in [3.63, 3.8) is 0 Å². The highest BCUT2D eigenvalue weighted by molar-refractivity contribution is 5.87. The number of pyridine rings is 1. The summed E-state index contributed by atoms with van der Waals surface area (Å²) >= 11 is 0. The van der Waals surface area contributed by atoms with Crippen LogP contribution in [0.1, 0.15) is 44.7 Å². The van der Waals surface area contributed by atoms with E-state index >= 15 is 0 Å². The lowest BCUT2D eigenvalue weighted by Gasteiger charge is -2.35. The van der Waals surface area contributed by atoms with Crippen molar-refractivity contribution >= 4 is 17.4 Å². The molecular formula is C20H23F2N3O. The Morgan fingerprint density at radius 1 is 1.27 bits per heavy atom. The van der Waals surface area contributed by atoms with Crippen LogP contribution in [0.4, 0.5) is 20.3 Å². The van der Waals surface area contributed by atoms with Crippen LogP contribution in [0.15, 0.2) is 30.5 Å². The number of hydrogen-bond acceptors (Lipinski definition) is 3. The van der Waals surface area contributed by atoms with Crippen molar-refractivity contribution in [3.05, 3.63) is 41.6 Å². The minimum absolute atomic E-state index is 0.0189. The first-order valence-corrected chi connectivity index (χ1v) is 8.82. The molecule has 1 aliphatic rings. The number of halogens is 2. The van der Waals surface area contributed by atoms with Crippen molar-refractivity contribution < 1.29 is 13.6 Å². The molecule has 3 rings (SSSR count). The van der Waals surface area contributed by atoms with Crippen molar-refractivity contribution in [2.24, 2.45) is 0 Å². The molecule has 2 heterocycles. The lowest BCUT2D eigenvalue weighted by molar-refractivity contribution is -0.114. The molecule has 0 radical (unpaired) electrons. The number of alkyl halides is 2. The van der Waals surface area contributed by atoms with Crippen molar-refractivity contribution in [1.29, 1.82) is 0 Å². The van der Waals surface area contributed by atoms with E-state index < -0.39 is 6.43 Å². The summed E-state index contributed by atoms with van der Waals surface area (Å²) in [4.78, 5) is 17.5. The minimum atomic E-state index is -2.57. The van der Waals surface area contributed by atoms with Crippen LogP contribution in [0.5, 0.6) is 0 Å². The molecule has 0 bridgehead atoms. The zero-order valence-electron chi connectivity index (χ0n) is 15.2. The number of nitrogens with zero attached hydrogens (tertiary/aromatic N) is 2. The lowest BCUT2D eigenvalue weighted by atomic mass is 9.92. The van der Waals surface area contributed by atoms with Gasteiger partial charge in [0.05, 0.1) is 0 Å². The number of hydrogen-bond donors (Lipinski definition) is 1. The van der Waals surface area contributed by atoms with Crippen LogP contribution in [0.3, 0.4) is 0 Å². The first-order valence-electron chi connectivity index (χ1n) is 8.82. The Morgan fingerprint density at radius 2 is 2.04 bits per heavy atom. The van der Waals surface area contributed by atoms with Gasteiger partial charge < -0.3 is 10.2 Å². The van der Waals surface area contributed by atoms with Crippen molar-refractivity contribution in [2.75, 3.05) is 16.8 Å². The SMILES string of the molecule is CC(=O)Nc1ccc(-c2cc3c(cc2C(F)F)N(C(C)C)CCC3)cn1. The van der Waals surface area contributed by atoms with E-state index in [1.165, 1.54) is 13.1 Å². The average molecular weight is 359 g/mol. The standard InChI is InChI=1S/C20H23F2N3O/c1-12(2)25-8-4-5-14-9-16(17(20(21)22)10-18(14)25)15-6-7-19(23-11-15)24-13(3)26/h6-7,9-12,20H,4-5,8H2,1-3H3,(H,23,24,26). The number of aryl methyl sites for hydroxylation is 1. The summed E-state index contributed by atoms with van der Waals surface area (Å²) in [7, 11) is 0. The number of rotatable bonds is 4. The van der Waals surface area contributed by atoms with Gasteiger partial charge in [-0.25, -0.2) is 13.8 Å². The van der Waals surface area contributed by atoms with Crippen LogP contribution in [-0.2, 0) is 11.2 Å². The Hall–Kier alpha value is -2.50. The zero-order chi connectivity index (χ0) is 18.8. The minimum Gasteiger partial charge on any atom is -0.369 e. The molecule has 2 aromatic rings. The molecule has 0 unspecified atom stereocenters. The summed E-state index contributed by atoms with van der Waals surface area (Å²) in [6, 6.07) is 7.13. The van der Waals surface area contributed by atoms with E-state index in [1.54, 1.807) is 18.2 Å². The average Bonchev–Trinajstić information content (AvgIpc) is 2.60. The number of aromatic nitrogens is 1. The van der Waals surface area contributed by atoms with Gasteiger partial charge in [-0.1, -0.05) is 0 Å². The van der Waals surface area contributed by atoms with Gasteiger partial charge in [0.2, 0.25) is 5.91 Å². The first-order chi connectivity index (χ1) is 12.4. The Kier molecular flexibility index (Phi) is 5.20. The fraction of sp³-hybridized carbons (Fsp3) is 0.400. The predicted molar refractivity (Wildman–Crippen MR) is 99.7 cm³/mol. The number of fused-ring (bicyclic) bond motifs is 1. The van der Waals surface area contributed by atoms with Crippen molar-refractivity contribution in [3.8, 4) is 11.1 Å². The second-order valence-electron chi connectivity index (χ2n) is 6.87. The largest absolute Gasteiger partial charge is 0.369 e. The third-order valence-electron chi connectivity index (χ3n) is 4.64. The number of carbonyl (C=O) groups excluding carboxylic acids is 1. The number of carbonyl (C=O) groups is 1. The maximum atomic E-state index is 13.8. The second kappa shape index (κ2) is 7.40. The molecule has 1 aliphatic heterocycles. The first kappa shape index (κ1) is 18.3. The number of benzene rings is 1. The molecule has 0 aliphatic carbocycles. The van der Waals surface area contributed by atoms with Gasteiger partial charge in [0.25, 0.3) is 6.43 Å². The highest BCUT2D eigenvalue weighted by atomic mass is 19.3. The van der Waals surface area contributed by atoms with Gasteiger partial charge in [-0.3, -0.25) is 4.79 Å². The molecule has 6 heteroatoms. The fourth-order valence-electron chi connectivity index (χ4n) is 3.45. The van der Waals surface area contributed by atoms with Gasteiger partial charge in [0, 0.05) is 42.5 Å². The summed E-state index contributed by atoms with van der Waals surface area (Å²) in [6.07, 6.45) is 0.855. The molecule has 1 aromatic heterocycles. The molecule has 26 heavy (non-hydrogen) atoms. The highest BCUT2D eigenvalue weighted by Gasteiger charge is 2.24. The summed E-state index contributed by atoms with van der Waals surface area (Å²) in [6.45, 7) is 6.44. The van der Waals surface area contributed by atoms with E-state index in [2.05, 4.69) is 29.0 Å². The summed E-state index contributed by atoms with van der Waals surface area (Å²) in [5, 5.41) is 2.58. The molecule has 1 N–H and O–H groups in total. The maximum Gasteiger partial charge on any atom is 0.264 e. The summed E-state index contributed by atoms with van der Waals surface area (Å²) < 4.78 is 27.5. The van der Waals surface area contributed by atoms with Crippen LogP contribution in [0, 0.1) is 0 Å². The monoisotopic (exact) mass is 359 g/mol. The molecule has 1 amide bonds. The van der Waals surface area contributed by atoms with Crippen LogP contribution in [0.2, 0.25) is 0 Å². The van der Waals surface area contributed by atoms with Gasteiger partial charge in [-0.15, -0.1) is 0 Å². The third kappa shape index (κ3) is 3.69. The van der Waals surface area contributed by atoms with Crippen molar-refractivity contribution in [1.82, 2.24) is 4.98 Å². The van der Waals surface area contributed by atoms with Crippen LogP contribution in [0.25, 0.3) is 11.1 Å². The molecule has 1 aromatic carbocycles. The van der Waals surface area contributed by atoms with E-state index in [0.29, 0.717) is 16.9 Å². The van der Waals surface area contributed by atoms with Gasteiger partial charge >= 0.3 is 0 Å². The van der Waals surface area contributed by atoms with Crippen LogP contribution < -0.4 is 10.2 Å². The molecule has 4 nitrogen and oxygen atoms in total. The normalized spacial score (nSPS) is 13.9. The topological polar surface area (TPSA) is 45.2 Å². The zero-order valence-corrected chi connectivity index (χ0v) is 15.2. The Morgan fingerprint density at radius 3 is 2.62 bits per heavy atom. The Labute approximate surface area is 152 Å². The molecule has 138 valence electrons. The van der Waals surface area contributed by atoms with Gasteiger partial charge in [0.1, 0.15) is 5.82 Å². The van der Waals surface area contributed by atoms with E-state index in [1.807, 2.05) is 6.07 Å². The quantitative estimate of drug-likeness (QED) is 0.852. The summed E-state index contributed by atoms with van der Waals surface area (Å²) in [5.41, 5.74) is 3.15. The van der Waals surface area contributed by atoms with Gasteiger partial charge in [-0.2, -0.15) is 0 Å². The fourth-order valence-corrected chi connectivity index (χ4v) is 3.45. The second-order valence-corrected chi connectivity index (χ2v) is 6.87. The Balaban J connectivity index is 2.05. The molecule has 0 fully saturated rings. The lowest BCUT2D eigenvalue weighted by Crippen LogP contribution is -2.35. The molecular weight excluding hydrogens is 336 g/mol. The number of amides is 1. The molecule has 0 spiro atoms. The third-order valence-corrected chi connectivity index (χ3v) is 4.64. The van der Waals surface area contributed by atoms with Gasteiger partial charge in [0.15, 0.2) is 0 Å². The predicted octanol–water partition coefficient (Wildman–Crippen LogP) is 4.81. The maximum absolute atomic E-state index is 13.8. The van der Waals surface area contributed by atoms with Crippen LogP contribution in [-0.4, -0.2) is 23.5 Å². The highest BCUT2D eigenvalue weighted by Crippen LogP contribution is 2.39. The number of nitrogens with one attached hydrogen (secondary N) is 1. The molecule has 0 atom stereocenters. The summed E-state index contributed by atoms with van der Waals surface area (Å²) in [5.74, 6) is 0.185.